The van der Waals surface area contributed by atoms with E-state index in [-0.39, 0.29) is 36.1 Å². The molecule has 256 valence electrons. The highest BCUT2D eigenvalue weighted by molar-refractivity contribution is 5.98. The minimum atomic E-state index is -1.47. The number of nitrogens with one attached hydrogen (secondary N) is 1. The number of benzene rings is 1. The number of methoxy groups -OCH3 is 1. The smallest absolute Gasteiger partial charge is 0.334 e. The van der Waals surface area contributed by atoms with Crippen LogP contribution in [-0.4, -0.2) is 86.7 Å². The molecule has 4 atom stereocenters. The van der Waals surface area contributed by atoms with Crippen molar-refractivity contribution >= 4 is 29.8 Å². The second-order valence-electron chi connectivity index (χ2n) is 11.5. The first-order chi connectivity index (χ1) is 22.4. The molecule has 0 bridgehead atoms. The highest BCUT2D eigenvalue weighted by Crippen LogP contribution is 2.30. The Morgan fingerprint density at radius 1 is 1.04 bits per heavy atom. The Kier molecular flexibility index (Phi) is 13.9. The fraction of sp³-hybridized carbons (Fsp3) is 0.515. The van der Waals surface area contributed by atoms with E-state index in [2.05, 4.69) is 10.3 Å². The quantitative estimate of drug-likeness (QED) is 0.178. The van der Waals surface area contributed by atoms with Crippen molar-refractivity contribution in [2.45, 2.75) is 59.3 Å². The molecule has 1 aromatic heterocycles. The lowest BCUT2D eigenvalue weighted by atomic mass is 9.91. The van der Waals surface area contributed by atoms with E-state index in [0.717, 1.165) is 5.56 Å². The predicted octanol–water partition coefficient (Wildman–Crippen LogP) is 2.66. The van der Waals surface area contributed by atoms with Gasteiger partial charge in [-0.2, -0.15) is 0 Å². The van der Waals surface area contributed by atoms with Crippen LogP contribution < -0.4 is 14.8 Å². The molecule has 0 aliphatic carbocycles. The van der Waals surface area contributed by atoms with Gasteiger partial charge in [-0.3, -0.25) is 14.4 Å². The molecule has 1 aliphatic heterocycles. The number of esters is 4. The lowest BCUT2D eigenvalue weighted by Gasteiger charge is -2.29. The van der Waals surface area contributed by atoms with E-state index in [1.807, 2.05) is 32.0 Å². The Hall–Kier alpha value is -4.72. The van der Waals surface area contributed by atoms with Crippen LogP contribution in [0.5, 0.6) is 11.5 Å². The first kappa shape index (κ1) is 36.7. The number of nitrogens with zero attached hydrogens (tertiary/aromatic N) is 1. The summed E-state index contributed by atoms with van der Waals surface area (Å²) >= 11 is 0. The van der Waals surface area contributed by atoms with Crippen LogP contribution in [-0.2, 0) is 49.3 Å². The van der Waals surface area contributed by atoms with E-state index < -0.39 is 73.3 Å². The standard InChI is InChI=1S/C33H42N2O12/c1-19(2)15-42-17-26(36)44-18-45-29-25(41-6)12-13-34-27(29)30(37)35-24-16-43-32(39)23(14-22-10-8-7-9-11-22)28(21(5)46-33(24)40)47-31(38)20(3)4/h7-13,19-21,23-24,28H,14-18H2,1-6H3,(H,35,37). The van der Waals surface area contributed by atoms with Crippen LogP contribution in [0.2, 0.25) is 0 Å². The summed E-state index contributed by atoms with van der Waals surface area (Å²) in [5.74, 6) is -5.25. The van der Waals surface area contributed by atoms with Crippen LogP contribution in [0.15, 0.2) is 42.6 Å². The molecule has 1 saturated heterocycles. The van der Waals surface area contributed by atoms with Crippen molar-refractivity contribution < 1.29 is 57.1 Å². The molecule has 0 radical (unpaired) electrons. The van der Waals surface area contributed by atoms with Crippen LogP contribution in [0.25, 0.3) is 0 Å². The Bertz CT molecular complexity index is 1380. The molecule has 1 fully saturated rings. The van der Waals surface area contributed by atoms with Crippen LogP contribution in [0.3, 0.4) is 0 Å². The molecule has 2 heterocycles. The Balaban J connectivity index is 1.79. The van der Waals surface area contributed by atoms with Gasteiger partial charge in [0.15, 0.2) is 29.3 Å². The van der Waals surface area contributed by atoms with Gasteiger partial charge in [-0.1, -0.05) is 58.0 Å². The van der Waals surface area contributed by atoms with Gasteiger partial charge in [0.2, 0.25) is 6.79 Å². The second-order valence-corrected chi connectivity index (χ2v) is 11.5. The van der Waals surface area contributed by atoms with Gasteiger partial charge in [-0.05, 0) is 24.8 Å². The van der Waals surface area contributed by atoms with Crippen LogP contribution in [0.1, 0.15) is 50.7 Å². The van der Waals surface area contributed by atoms with Gasteiger partial charge in [0.1, 0.15) is 25.2 Å². The topological polar surface area (TPSA) is 175 Å². The maximum absolute atomic E-state index is 13.5. The molecular weight excluding hydrogens is 616 g/mol. The SMILES string of the molecule is COc1ccnc(C(=O)NC2COC(=O)C(Cc3ccccc3)C(OC(=O)C(C)C)C(C)OC2=O)c1OCOC(=O)COCC(C)C. The number of pyridine rings is 1. The zero-order valence-corrected chi connectivity index (χ0v) is 27.4. The highest BCUT2D eigenvalue weighted by atomic mass is 16.7. The third-order valence-electron chi connectivity index (χ3n) is 6.87. The number of cyclic esters (lactones) is 2. The molecule has 14 heteroatoms. The van der Waals surface area contributed by atoms with Crippen LogP contribution in [0, 0.1) is 17.8 Å². The summed E-state index contributed by atoms with van der Waals surface area (Å²) in [6.07, 6.45) is -0.846. The maximum atomic E-state index is 13.5. The van der Waals surface area contributed by atoms with E-state index in [1.54, 1.807) is 26.0 Å². The summed E-state index contributed by atoms with van der Waals surface area (Å²) < 4.78 is 37.9. The molecule has 1 aliphatic rings. The number of carbonyl (C=O) groups is 5. The van der Waals surface area contributed by atoms with Crippen molar-refractivity contribution in [3.63, 3.8) is 0 Å². The van der Waals surface area contributed by atoms with E-state index in [1.165, 1.54) is 26.3 Å². The van der Waals surface area contributed by atoms with E-state index >= 15 is 0 Å². The number of ether oxygens (including phenoxy) is 7. The summed E-state index contributed by atoms with van der Waals surface area (Å²) in [6, 6.07) is 8.99. The number of hydrogen-bond acceptors (Lipinski definition) is 13. The lowest BCUT2D eigenvalue weighted by Crippen LogP contribution is -2.47. The fourth-order valence-electron chi connectivity index (χ4n) is 4.44. The molecule has 0 saturated carbocycles. The Morgan fingerprint density at radius 2 is 1.77 bits per heavy atom. The molecule has 3 rings (SSSR count). The van der Waals surface area contributed by atoms with Crippen LogP contribution in [0.4, 0.5) is 0 Å². The van der Waals surface area contributed by atoms with Gasteiger partial charge < -0.3 is 38.5 Å². The average molecular weight is 659 g/mol. The van der Waals surface area contributed by atoms with Crippen LogP contribution >= 0.6 is 0 Å². The molecular formula is C33H42N2O12. The zero-order valence-electron chi connectivity index (χ0n) is 27.4. The second kappa shape index (κ2) is 17.8. The van der Waals surface area contributed by atoms with Gasteiger partial charge in [-0.25, -0.2) is 14.6 Å². The Labute approximate surface area is 273 Å². The highest BCUT2D eigenvalue weighted by Gasteiger charge is 2.42. The summed E-state index contributed by atoms with van der Waals surface area (Å²) in [7, 11) is 1.33. The van der Waals surface area contributed by atoms with Crippen molar-refractivity contribution in [3.05, 3.63) is 53.9 Å². The predicted molar refractivity (Wildman–Crippen MR) is 164 cm³/mol. The van der Waals surface area contributed by atoms with Gasteiger partial charge in [0, 0.05) is 18.9 Å². The van der Waals surface area contributed by atoms with E-state index in [9.17, 15) is 24.0 Å². The molecule has 2 aromatic rings. The monoisotopic (exact) mass is 658 g/mol. The minimum absolute atomic E-state index is 0.0907. The molecule has 0 spiro atoms. The normalized spacial score (nSPS) is 19.8. The van der Waals surface area contributed by atoms with Crippen molar-refractivity contribution in [1.29, 1.82) is 0 Å². The number of amides is 1. The van der Waals surface area contributed by atoms with Crippen molar-refractivity contribution in [2.24, 2.45) is 17.8 Å². The zero-order chi connectivity index (χ0) is 34.5. The third-order valence-corrected chi connectivity index (χ3v) is 6.87. The molecule has 1 aromatic carbocycles. The van der Waals surface area contributed by atoms with E-state index in [4.69, 9.17) is 33.2 Å². The average Bonchev–Trinajstić information content (AvgIpc) is 3.07. The van der Waals surface area contributed by atoms with Gasteiger partial charge in [0.05, 0.1) is 13.0 Å². The van der Waals surface area contributed by atoms with Crippen molar-refractivity contribution in [1.82, 2.24) is 10.3 Å². The first-order valence-electron chi connectivity index (χ1n) is 15.2. The Morgan fingerprint density at radius 3 is 2.43 bits per heavy atom. The number of carbonyl (C=O) groups excluding carboxylic acids is 5. The van der Waals surface area contributed by atoms with Gasteiger partial charge in [-0.15, -0.1) is 0 Å². The summed E-state index contributed by atoms with van der Waals surface area (Å²) in [5.41, 5.74) is 0.460. The first-order valence-corrected chi connectivity index (χ1v) is 15.2. The third kappa shape index (κ3) is 10.9. The summed E-state index contributed by atoms with van der Waals surface area (Å²) in [6.45, 7) is 7.55. The number of rotatable bonds is 14. The minimum Gasteiger partial charge on any atom is -0.493 e. The van der Waals surface area contributed by atoms with Crippen molar-refractivity contribution in [2.75, 3.05) is 33.7 Å². The van der Waals surface area contributed by atoms with E-state index in [0.29, 0.717) is 6.61 Å². The van der Waals surface area contributed by atoms with Crippen molar-refractivity contribution in [3.8, 4) is 11.5 Å². The number of aromatic nitrogens is 1. The fourth-order valence-corrected chi connectivity index (χ4v) is 4.44. The molecule has 14 nitrogen and oxygen atoms in total. The largest absolute Gasteiger partial charge is 0.493 e. The maximum Gasteiger partial charge on any atom is 0.334 e. The molecule has 47 heavy (non-hydrogen) atoms. The number of hydrogen-bond donors (Lipinski definition) is 1. The molecule has 4 unspecified atom stereocenters. The molecule has 1 amide bonds. The van der Waals surface area contributed by atoms with Gasteiger partial charge >= 0.3 is 23.9 Å². The molecule has 1 N–H and O–H groups in total. The summed E-state index contributed by atoms with van der Waals surface area (Å²) in [5, 5.41) is 2.47. The lowest BCUT2D eigenvalue weighted by molar-refractivity contribution is -0.176. The summed E-state index contributed by atoms with van der Waals surface area (Å²) in [4.78, 5) is 68.9. The van der Waals surface area contributed by atoms with Gasteiger partial charge in [0.25, 0.3) is 5.91 Å².